The van der Waals surface area contributed by atoms with Gasteiger partial charge in [-0.15, -0.1) is 0 Å². The van der Waals surface area contributed by atoms with Gasteiger partial charge < -0.3 is 15.2 Å². The molecule has 0 amide bonds. The third-order valence-corrected chi connectivity index (χ3v) is 7.61. The van der Waals surface area contributed by atoms with Crippen molar-refractivity contribution in [3.63, 3.8) is 0 Å². The van der Waals surface area contributed by atoms with Crippen molar-refractivity contribution in [2.45, 2.75) is 44.2 Å². The summed E-state index contributed by atoms with van der Waals surface area (Å²) in [6.45, 7) is 2.67. The van der Waals surface area contributed by atoms with E-state index in [1.165, 1.54) is 17.7 Å². The second-order valence-corrected chi connectivity index (χ2v) is 9.26. The van der Waals surface area contributed by atoms with Gasteiger partial charge in [0.1, 0.15) is 18.0 Å². The fourth-order valence-corrected chi connectivity index (χ4v) is 6.19. The number of halogens is 1. The van der Waals surface area contributed by atoms with E-state index in [0.717, 1.165) is 36.8 Å². The molecule has 0 radical (unpaired) electrons. The van der Waals surface area contributed by atoms with E-state index in [-0.39, 0.29) is 17.5 Å². The van der Waals surface area contributed by atoms with Gasteiger partial charge in [0.15, 0.2) is 0 Å². The number of nitrogens with two attached hydrogens (primary N) is 1. The minimum Gasteiger partial charge on any atom is -0.462 e. The molecular formula is C25H26FN3O2. The van der Waals surface area contributed by atoms with E-state index in [1.807, 2.05) is 12.1 Å². The minimum atomic E-state index is -0.541. The van der Waals surface area contributed by atoms with E-state index >= 15 is 0 Å². The van der Waals surface area contributed by atoms with Gasteiger partial charge in [0.25, 0.3) is 6.02 Å². The smallest absolute Gasteiger partial charge is 0.283 e. The van der Waals surface area contributed by atoms with Gasteiger partial charge in [-0.3, -0.25) is 0 Å². The third kappa shape index (κ3) is 2.95. The minimum absolute atomic E-state index is 0.0801. The maximum absolute atomic E-state index is 14.1. The summed E-state index contributed by atoms with van der Waals surface area (Å²) in [5.41, 5.74) is 9.63. The average molecular weight is 420 g/mol. The summed E-state index contributed by atoms with van der Waals surface area (Å²) in [5.74, 6) is -0.0123. The van der Waals surface area contributed by atoms with E-state index < -0.39 is 11.4 Å². The summed E-state index contributed by atoms with van der Waals surface area (Å²) in [6, 6.07) is 12.9. The van der Waals surface area contributed by atoms with Gasteiger partial charge in [-0.25, -0.2) is 9.38 Å². The van der Waals surface area contributed by atoms with E-state index in [0.29, 0.717) is 23.7 Å². The normalized spacial score (nSPS) is 31.4. The highest BCUT2D eigenvalue weighted by Crippen LogP contribution is 2.62. The van der Waals surface area contributed by atoms with Crippen molar-refractivity contribution in [1.82, 2.24) is 0 Å². The number of aliphatic imine (C=N–C) groups is 1. The number of nitriles is 1. The fourth-order valence-electron chi connectivity index (χ4n) is 6.19. The Morgan fingerprint density at radius 3 is 2.77 bits per heavy atom. The highest BCUT2D eigenvalue weighted by Gasteiger charge is 2.62. The van der Waals surface area contributed by atoms with Gasteiger partial charge in [-0.1, -0.05) is 19.1 Å². The summed E-state index contributed by atoms with van der Waals surface area (Å²) < 4.78 is 25.6. The van der Waals surface area contributed by atoms with Gasteiger partial charge in [0, 0.05) is 12.5 Å². The first-order valence-corrected chi connectivity index (χ1v) is 10.8. The van der Waals surface area contributed by atoms with Gasteiger partial charge in [-0.05, 0) is 78.1 Å². The monoisotopic (exact) mass is 419 g/mol. The first-order valence-electron chi connectivity index (χ1n) is 10.8. The van der Waals surface area contributed by atoms with Crippen molar-refractivity contribution in [3.05, 3.63) is 58.9 Å². The molecule has 160 valence electrons. The summed E-state index contributed by atoms with van der Waals surface area (Å²) in [5, 5.41) is 9.24. The zero-order valence-electron chi connectivity index (χ0n) is 17.8. The molecule has 0 saturated heterocycles. The molecule has 1 heterocycles. The molecule has 1 aliphatic heterocycles. The first kappa shape index (κ1) is 20.0. The molecule has 0 aromatic heterocycles. The second kappa shape index (κ2) is 7.06. The molecule has 2 aliphatic carbocycles. The Kier molecular flexibility index (Phi) is 4.56. The van der Waals surface area contributed by atoms with E-state index in [1.54, 1.807) is 13.2 Å². The number of methoxy groups -OCH3 is 1. The van der Waals surface area contributed by atoms with Gasteiger partial charge in [0.05, 0.1) is 17.7 Å². The second-order valence-electron chi connectivity index (χ2n) is 9.26. The van der Waals surface area contributed by atoms with Crippen molar-refractivity contribution in [1.29, 1.82) is 5.26 Å². The lowest BCUT2D eigenvalue weighted by Gasteiger charge is -2.47. The highest BCUT2D eigenvalue weighted by atomic mass is 19.1. The molecule has 31 heavy (non-hydrogen) atoms. The number of amidine groups is 1. The standard InChI is InChI=1S/C25H26FN3O2/c1-15-11-24(6-5-22(15)30-2)12-18-4-3-17(19-7-16(13-27)8-20(26)9-19)10-21(18)25(24)14-31-23(28)29-25/h3-4,7-10,15,22H,5-6,11-12,14H2,1-2H3,(H2,28,29)/t15-,22-,24-,25-/m0/s1. The quantitative estimate of drug-likeness (QED) is 0.788. The van der Waals surface area contributed by atoms with Crippen LogP contribution in [-0.4, -0.2) is 25.8 Å². The molecule has 1 fully saturated rings. The summed E-state index contributed by atoms with van der Waals surface area (Å²) in [7, 11) is 1.79. The molecule has 2 N–H and O–H groups in total. The molecule has 1 saturated carbocycles. The van der Waals surface area contributed by atoms with Crippen LogP contribution >= 0.6 is 0 Å². The van der Waals surface area contributed by atoms with E-state index in [2.05, 4.69) is 19.1 Å². The first-order chi connectivity index (χ1) is 14.9. The lowest BCUT2D eigenvalue weighted by Crippen LogP contribution is -2.48. The molecular weight excluding hydrogens is 393 g/mol. The van der Waals surface area contributed by atoms with Crippen molar-refractivity contribution >= 4 is 6.02 Å². The lowest BCUT2D eigenvalue weighted by atomic mass is 9.59. The fraction of sp³-hybridized carbons (Fsp3) is 0.440. The van der Waals surface area contributed by atoms with Crippen LogP contribution in [0.25, 0.3) is 11.1 Å². The number of benzene rings is 2. The number of nitrogens with zero attached hydrogens (tertiary/aromatic N) is 2. The van der Waals surface area contributed by atoms with Crippen LogP contribution in [0, 0.1) is 28.5 Å². The summed E-state index contributed by atoms with van der Waals surface area (Å²) >= 11 is 0. The Morgan fingerprint density at radius 2 is 2.10 bits per heavy atom. The maximum atomic E-state index is 14.1. The molecule has 4 atom stereocenters. The van der Waals surface area contributed by atoms with Crippen LogP contribution < -0.4 is 5.73 Å². The summed E-state index contributed by atoms with van der Waals surface area (Å²) in [4.78, 5) is 4.91. The molecule has 5 nitrogen and oxygen atoms in total. The van der Waals surface area contributed by atoms with Crippen LogP contribution in [-0.2, 0) is 21.4 Å². The van der Waals surface area contributed by atoms with Crippen molar-refractivity contribution in [2.24, 2.45) is 22.1 Å². The Balaban J connectivity index is 1.63. The van der Waals surface area contributed by atoms with E-state index in [9.17, 15) is 9.65 Å². The van der Waals surface area contributed by atoms with Crippen LogP contribution in [0.4, 0.5) is 4.39 Å². The van der Waals surface area contributed by atoms with E-state index in [4.69, 9.17) is 20.2 Å². The lowest BCUT2D eigenvalue weighted by molar-refractivity contribution is -0.0445. The van der Waals surface area contributed by atoms with Crippen LogP contribution in [0.5, 0.6) is 0 Å². The number of fused-ring (bicyclic) bond motifs is 3. The largest absolute Gasteiger partial charge is 0.462 e. The topological polar surface area (TPSA) is 80.6 Å². The molecule has 2 aromatic rings. The number of hydrogen-bond donors (Lipinski definition) is 1. The third-order valence-electron chi connectivity index (χ3n) is 7.61. The molecule has 3 aliphatic rings. The number of rotatable bonds is 2. The molecule has 5 rings (SSSR count). The number of ether oxygens (including phenoxy) is 2. The molecule has 2 spiro atoms. The van der Waals surface area contributed by atoms with Crippen LogP contribution in [0.15, 0.2) is 41.4 Å². The molecule has 2 aromatic carbocycles. The maximum Gasteiger partial charge on any atom is 0.283 e. The SMILES string of the molecule is CO[C@H]1CC[C@@]2(Cc3ccc(-c4cc(F)cc(C#N)c4)cc3[C@@]23COC(N)=N3)C[C@@H]1C. The van der Waals surface area contributed by atoms with Crippen molar-refractivity contribution in [3.8, 4) is 17.2 Å². The Labute approximate surface area is 181 Å². The van der Waals surface area contributed by atoms with Crippen LogP contribution in [0.2, 0.25) is 0 Å². The van der Waals surface area contributed by atoms with Crippen molar-refractivity contribution in [2.75, 3.05) is 13.7 Å². The van der Waals surface area contributed by atoms with Crippen LogP contribution in [0.1, 0.15) is 42.9 Å². The Hall–Kier alpha value is -2.91. The number of hydrogen-bond acceptors (Lipinski definition) is 5. The van der Waals surface area contributed by atoms with Gasteiger partial charge in [-0.2, -0.15) is 5.26 Å². The highest BCUT2D eigenvalue weighted by molar-refractivity contribution is 5.76. The predicted octanol–water partition coefficient (Wildman–Crippen LogP) is 4.28. The average Bonchev–Trinajstić information content (AvgIpc) is 3.27. The predicted molar refractivity (Wildman–Crippen MR) is 116 cm³/mol. The van der Waals surface area contributed by atoms with Crippen molar-refractivity contribution < 1.29 is 13.9 Å². The molecule has 6 heteroatoms. The Bertz CT molecular complexity index is 1120. The zero-order valence-corrected chi connectivity index (χ0v) is 17.8. The Morgan fingerprint density at radius 1 is 1.26 bits per heavy atom. The van der Waals surface area contributed by atoms with Gasteiger partial charge >= 0.3 is 0 Å². The summed E-state index contributed by atoms with van der Waals surface area (Å²) in [6.07, 6.45) is 4.11. The molecule has 0 bridgehead atoms. The zero-order chi connectivity index (χ0) is 21.8. The molecule has 0 unspecified atom stereocenters. The van der Waals surface area contributed by atoms with Gasteiger partial charge in [0.2, 0.25) is 0 Å². The van der Waals surface area contributed by atoms with Crippen LogP contribution in [0.3, 0.4) is 0 Å².